The zero-order chi connectivity index (χ0) is 26.7. The molecule has 0 spiro atoms. The van der Waals surface area contributed by atoms with E-state index in [1.807, 2.05) is 13.8 Å². The molecule has 0 heterocycles. The minimum Gasteiger partial charge on any atom is -0.481 e. The van der Waals surface area contributed by atoms with Gasteiger partial charge in [0.1, 0.15) is 0 Å². The molecule has 5 fully saturated rings. The van der Waals surface area contributed by atoms with Gasteiger partial charge < -0.3 is 25.5 Å². The van der Waals surface area contributed by atoms with Crippen LogP contribution >= 0.6 is 0 Å². The van der Waals surface area contributed by atoms with E-state index >= 15 is 0 Å². The summed E-state index contributed by atoms with van der Waals surface area (Å²) in [5.74, 6) is -0.125. The van der Waals surface area contributed by atoms with Crippen LogP contribution in [0.5, 0.6) is 0 Å². The molecular weight excluding hydrogens is 456 g/mol. The van der Waals surface area contributed by atoms with Gasteiger partial charge in [-0.3, -0.25) is 4.79 Å². The molecule has 5 rings (SSSR count). The fraction of sp³-hybridized carbons (Fsp3) is 0.967. The van der Waals surface area contributed by atoms with Crippen molar-refractivity contribution in [2.45, 2.75) is 117 Å². The molecule has 13 atom stereocenters. The highest BCUT2D eigenvalue weighted by Gasteiger charge is 2.73. The lowest BCUT2D eigenvalue weighted by molar-refractivity contribution is -0.281. The van der Waals surface area contributed by atoms with Crippen LogP contribution in [0, 0.1) is 56.7 Å². The van der Waals surface area contributed by atoms with Crippen LogP contribution in [0.1, 0.15) is 99.3 Å². The summed E-state index contributed by atoms with van der Waals surface area (Å²) in [7, 11) is 0. The Bertz CT molecular complexity index is 919. The van der Waals surface area contributed by atoms with Gasteiger partial charge in [-0.05, 0) is 111 Å². The first-order chi connectivity index (χ1) is 16.5. The maximum Gasteiger partial charge on any atom is 0.309 e. The van der Waals surface area contributed by atoms with E-state index in [0.29, 0.717) is 31.6 Å². The van der Waals surface area contributed by atoms with Crippen LogP contribution in [-0.2, 0) is 4.79 Å². The maximum atomic E-state index is 12.9. The molecule has 0 aromatic heterocycles. The lowest BCUT2D eigenvalue weighted by Crippen LogP contribution is -2.70. The number of carboxylic acid groups (broad SMARTS) is 1. The zero-order valence-corrected chi connectivity index (χ0v) is 23.3. The molecule has 0 bridgehead atoms. The smallest absolute Gasteiger partial charge is 0.309 e. The van der Waals surface area contributed by atoms with E-state index in [9.17, 15) is 30.3 Å². The van der Waals surface area contributed by atoms with Crippen molar-refractivity contribution in [1.29, 1.82) is 0 Å². The van der Waals surface area contributed by atoms with Gasteiger partial charge in [0.25, 0.3) is 0 Å². The first kappa shape index (κ1) is 26.9. The molecule has 5 aliphatic carbocycles. The number of aliphatic hydroxyl groups excluding tert-OH is 3. The Kier molecular flexibility index (Phi) is 5.92. The van der Waals surface area contributed by atoms with Crippen LogP contribution in [0.15, 0.2) is 0 Å². The van der Waals surface area contributed by atoms with Crippen molar-refractivity contribution >= 4 is 5.97 Å². The van der Waals surface area contributed by atoms with Gasteiger partial charge in [-0.15, -0.1) is 0 Å². The molecule has 36 heavy (non-hydrogen) atoms. The van der Waals surface area contributed by atoms with Gasteiger partial charge >= 0.3 is 5.97 Å². The molecule has 5 N–H and O–H groups in total. The van der Waals surface area contributed by atoms with Crippen molar-refractivity contribution in [2.24, 2.45) is 56.7 Å². The van der Waals surface area contributed by atoms with E-state index in [1.165, 1.54) is 0 Å². The van der Waals surface area contributed by atoms with Crippen LogP contribution in [0.2, 0.25) is 0 Å². The number of aliphatic carboxylic acids is 1. The molecule has 206 valence electrons. The van der Waals surface area contributed by atoms with Gasteiger partial charge in [0.05, 0.1) is 29.8 Å². The number of aliphatic hydroxyl groups is 4. The van der Waals surface area contributed by atoms with Crippen molar-refractivity contribution in [3.8, 4) is 0 Å². The molecule has 0 saturated heterocycles. The monoisotopic (exact) mass is 506 g/mol. The third-order valence-corrected chi connectivity index (χ3v) is 14.2. The molecule has 5 aliphatic rings. The summed E-state index contributed by atoms with van der Waals surface area (Å²) in [6, 6.07) is 0. The van der Waals surface area contributed by atoms with Gasteiger partial charge in [0.2, 0.25) is 0 Å². The van der Waals surface area contributed by atoms with E-state index in [4.69, 9.17) is 0 Å². The molecule has 6 heteroatoms. The summed E-state index contributed by atoms with van der Waals surface area (Å²) in [5, 5.41) is 54.3. The lowest BCUT2D eigenvalue weighted by Gasteiger charge is -2.74. The average Bonchev–Trinajstić information content (AvgIpc) is 2.80. The van der Waals surface area contributed by atoms with Crippen molar-refractivity contribution < 1.29 is 30.3 Å². The van der Waals surface area contributed by atoms with Crippen LogP contribution in [0.4, 0.5) is 0 Å². The maximum absolute atomic E-state index is 12.9. The fourth-order valence-electron chi connectivity index (χ4n) is 11.8. The summed E-state index contributed by atoms with van der Waals surface area (Å²) < 4.78 is 0. The van der Waals surface area contributed by atoms with Gasteiger partial charge in [0.15, 0.2) is 0 Å². The second-order valence-corrected chi connectivity index (χ2v) is 15.2. The Labute approximate surface area is 216 Å². The molecule has 0 radical (unpaired) electrons. The van der Waals surface area contributed by atoms with E-state index < -0.39 is 34.6 Å². The van der Waals surface area contributed by atoms with E-state index in [0.717, 1.165) is 32.1 Å². The Morgan fingerprint density at radius 3 is 2.11 bits per heavy atom. The third kappa shape index (κ3) is 3.02. The zero-order valence-electron chi connectivity index (χ0n) is 23.3. The number of carbonyl (C=O) groups is 1. The van der Waals surface area contributed by atoms with Crippen LogP contribution in [0.25, 0.3) is 0 Å². The Hall–Kier alpha value is -0.690. The van der Waals surface area contributed by atoms with Crippen LogP contribution in [0.3, 0.4) is 0 Å². The second-order valence-electron chi connectivity index (χ2n) is 15.2. The Morgan fingerprint density at radius 2 is 1.50 bits per heavy atom. The van der Waals surface area contributed by atoms with Crippen molar-refractivity contribution in [1.82, 2.24) is 0 Å². The first-order valence-electron chi connectivity index (χ1n) is 14.5. The topological polar surface area (TPSA) is 118 Å². The summed E-state index contributed by atoms with van der Waals surface area (Å²) in [4.78, 5) is 12.9. The van der Waals surface area contributed by atoms with E-state index in [-0.39, 0.29) is 46.5 Å². The molecule has 0 aromatic carbocycles. The summed E-state index contributed by atoms with van der Waals surface area (Å²) in [5.41, 5.74) is -2.64. The number of hydrogen-bond donors (Lipinski definition) is 5. The normalized spacial score (nSPS) is 60.8. The predicted molar refractivity (Wildman–Crippen MR) is 137 cm³/mol. The van der Waals surface area contributed by atoms with Crippen molar-refractivity contribution in [3.05, 3.63) is 0 Å². The van der Waals surface area contributed by atoms with Crippen LogP contribution < -0.4 is 0 Å². The van der Waals surface area contributed by atoms with Gasteiger partial charge in [-0.2, -0.15) is 0 Å². The first-order valence-corrected chi connectivity index (χ1v) is 14.5. The molecule has 0 aromatic rings. The highest BCUT2D eigenvalue weighted by molar-refractivity contribution is 5.76. The van der Waals surface area contributed by atoms with Gasteiger partial charge in [-0.25, -0.2) is 0 Å². The molecule has 0 aliphatic heterocycles. The Morgan fingerprint density at radius 1 is 0.861 bits per heavy atom. The summed E-state index contributed by atoms with van der Waals surface area (Å²) >= 11 is 0. The lowest BCUT2D eigenvalue weighted by atomic mass is 9.31. The molecule has 5 saturated carbocycles. The fourth-order valence-corrected chi connectivity index (χ4v) is 11.8. The van der Waals surface area contributed by atoms with E-state index in [2.05, 4.69) is 27.7 Å². The number of rotatable bonds is 2. The SMILES string of the molecule is CC1C2C3CCC4C5(C)CC(O)C(O)C(C)(CO)C5CCC4(C)C3(C)CCC2(C(=O)O)CCC1(C)O. The van der Waals surface area contributed by atoms with Crippen LogP contribution in [-0.4, -0.2) is 55.9 Å². The average molecular weight is 507 g/mol. The summed E-state index contributed by atoms with van der Waals surface area (Å²) in [6.07, 6.45) is 5.20. The minimum atomic E-state index is -0.923. The molecular formula is C30H50O6. The number of fused-ring (bicyclic) bond motifs is 7. The molecule has 13 unspecified atom stereocenters. The van der Waals surface area contributed by atoms with Crippen molar-refractivity contribution in [2.75, 3.05) is 6.61 Å². The predicted octanol–water partition coefficient (Wildman–Crippen LogP) is 4.23. The number of carboxylic acids is 1. The van der Waals surface area contributed by atoms with Gasteiger partial charge in [0, 0.05) is 5.41 Å². The highest BCUT2D eigenvalue weighted by atomic mass is 16.4. The largest absolute Gasteiger partial charge is 0.481 e. The minimum absolute atomic E-state index is 0.0345. The highest BCUT2D eigenvalue weighted by Crippen LogP contribution is 2.77. The molecule has 0 amide bonds. The number of hydrogen-bond acceptors (Lipinski definition) is 5. The summed E-state index contributed by atoms with van der Waals surface area (Å²) in [6.45, 7) is 12.9. The quantitative estimate of drug-likeness (QED) is 0.383. The Balaban J connectivity index is 1.58. The molecule has 6 nitrogen and oxygen atoms in total. The standard InChI is InChI=1S/C30H50O6/c1-17-22-18-7-8-21-25(2)15-19(32)23(33)26(3,16-31)20(25)9-10-28(21,5)27(18,4)11-13-30(22,24(34)35)14-12-29(17,6)36/h17-23,31-33,36H,7-16H2,1-6H3,(H,34,35). The van der Waals surface area contributed by atoms with Gasteiger partial charge in [-0.1, -0.05) is 34.6 Å². The van der Waals surface area contributed by atoms with E-state index in [1.54, 1.807) is 0 Å². The third-order valence-electron chi connectivity index (χ3n) is 14.2. The van der Waals surface area contributed by atoms with Crippen molar-refractivity contribution in [3.63, 3.8) is 0 Å². The second kappa shape index (κ2) is 7.92.